The third kappa shape index (κ3) is 2.68. The molecule has 0 radical (unpaired) electrons. The van der Waals surface area contributed by atoms with Crippen molar-refractivity contribution in [3.05, 3.63) is 0 Å². The molecule has 19 heavy (non-hydrogen) atoms. The number of likely N-dealkylation sites (tertiary alicyclic amines) is 1. The van der Waals surface area contributed by atoms with E-state index in [0.29, 0.717) is 39.1 Å². The minimum atomic E-state index is -0.805. The quantitative estimate of drug-likeness (QED) is 0.803. The molecule has 2 aliphatic rings. The van der Waals surface area contributed by atoms with Gasteiger partial charge in [-0.2, -0.15) is 0 Å². The molecular weight excluding hydrogens is 248 g/mol. The topological polar surface area (TPSA) is 78.9 Å². The summed E-state index contributed by atoms with van der Waals surface area (Å²) in [5.74, 6) is -0.805. The monoisotopic (exact) mass is 270 g/mol. The van der Waals surface area contributed by atoms with Crippen molar-refractivity contribution in [1.29, 1.82) is 0 Å². The van der Waals surface area contributed by atoms with Crippen LogP contribution in [0.15, 0.2) is 0 Å². The molecule has 2 unspecified atom stereocenters. The predicted octanol–water partition coefficient (Wildman–Crippen LogP) is 1.06. The van der Waals surface area contributed by atoms with E-state index >= 15 is 0 Å². The average molecular weight is 270 g/mol. The van der Waals surface area contributed by atoms with Crippen LogP contribution in [-0.4, -0.2) is 53.8 Å². The summed E-state index contributed by atoms with van der Waals surface area (Å²) in [6.45, 7) is 5.79. The van der Waals surface area contributed by atoms with Crippen molar-refractivity contribution in [3.8, 4) is 0 Å². The lowest BCUT2D eigenvalue weighted by atomic mass is 9.84. The highest BCUT2D eigenvalue weighted by Gasteiger charge is 2.45. The van der Waals surface area contributed by atoms with Crippen LogP contribution in [0, 0.1) is 5.41 Å². The molecule has 2 heterocycles. The van der Waals surface area contributed by atoms with E-state index in [4.69, 9.17) is 4.74 Å². The van der Waals surface area contributed by atoms with Crippen LogP contribution in [0.2, 0.25) is 0 Å². The standard InChI is InChI=1S/C13H22N2O4/c1-3-13(10(16)17)4-6-15(8-13)11(18)14-12(2)5-7-19-9-12/h3-9H2,1-2H3,(H,14,18)(H,16,17). The maximum Gasteiger partial charge on any atom is 0.317 e. The van der Waals surface area contributed by atoms with Crippen LogP contribution in [-0.2, 0) is 9.53 Å². The maximum atomic E-state index is 12.2. The third-order valence-corrected chi connectivity index (χ3v) is 4.40. The first kappa shape index (κ1) is 14.1. The summed E-state index contributed by atoms with van der Waals surface area (Å²) in [5, 5.41) is 12.3. The van der Waals surface area contributed by atoms with Crippen molar-refractivity contribution in [2.75, 3.05) is 26.3 Å². The fourth-order valence-electron chi connectivity index (χ4n) is 2.76. The molecule has 2 atom stereocenters. The number of nitrogens with zero attached hydrogens (tertiary/aromatic N) is 1. The van der Waals surface area contributed by atoms with Crippen LogP contribution >= 0.6 is 0 Å². The molecule has 6 heteroatoms. The fraction of sp³-hybridized carbons (Fsp3) is 0.846. The summed E-state index contributed by atoms with van der Waals surface area (Å²) < 4.78 is 5.30. The molecule has 2 amide bonds. The van der Waals surface area contributed by atoms with Crippen LogP contribution in [0.5, 0.6) is 0 Å². The van der Waals surface area contributed by atoms with Gasteiger partial charge < -0.3 is 20.1 Å². The Kier molecular flexibility index (Phi) is 3.71. The van der Waals surface area contributed by atoms with E-state index in [9.17, 15) is 14.7 Å². The SMILES string of the molecule is CCC1(C(=O)O)CCN(C(=O)NC2(C)CCOC2)C1. The number of carbonyl (C=O) groups excluding carboxylic acids is 1. The minimum Gasteiger partial charge on any atom is -0.481 e. The van der Waals surface area contributed by atoms with E-state index in [0.717, 1.165) is 6.42 Å². The number of carboxylic acid groups (broad SMARTS) is 1. The number of amides is 2. The van der Waals surface area contributed by atoms with E-state index in [1.807, 2.05) is 13.8 Å². The number of carbonyl (C=O) groups is 2. The van der Waals surface area contributed by atoms with Gasteiger partial charge in [0.1, 0.15) is 0 Å². The predicted molar refractivity (Wildman–Crippen MR) is 68.9 cm³/mol. The summed E-state index contributed by atoms with van der Waals surface area (Å²) >= 11 is 0. The van der Waals surface area contributed by atoms with Gasteiger partial charge in [0, 0.05) is 19.7 Å². The Balaban J connectivity index is 1.97. The molecular formula is C13H22N2O4. The molecule has 0 bridgehead atoms. The lowest BCUT2D eigenvalue weighted by Gasteiger charge is -2.28. The highest BCUT2D eigenvalue weighted by molar-refractivity contribution is 5.80. The minimum absolute atomic E-state index is 0.176. The Morgan fingerprint density at radius 1 is 1.42 bits per heavy atom. The second-order valence-corrected chi connectivity index (χ2v) is 5.90. The highest BCUT2D eigenvalue weighted by atomic mass is 16.5. The van der Waals surface area contributed by atoms with Gasteiger partial charge in [-0.3, -0.25) is 4.79 Å². The van der Waals surface area contributed by atoms with Crippen molar-refractivity contribution < 1.29 is 19.4 Å². The second-order valence-electron chi connectivity index (χ2n) is 5.90. The Labute approximate surface area is 113 Å². The van der Waals surface area contributed by atoms with E-state index < -0.39 is 11.4 Å². The number of nitrogens with one attached hydrogen (secondary N) is 1. The highest BCUT2D eigenvalue weighted by Crippen LogP contribution is 2.34. The van der Waals surface area contributed by atoms with Crippen LogP contribution < -0.4 is 5.32 Å². The molecule has 108 valence electrons. The van der Waals surface area contributed by atoms with Gasteiger partial charge in [0.15, 0.2) is 0 Å². The molecule has 0 aliphatic carbocycles. The molecule has 2 fully saturated rings. The lowest BCUT2D eigenvalue weighted by molar-refractivity contribution is -0.148. The van der Waals surface area contributed by atoms with Gasteiger partial charge in [0.05, 0.1) is 17.6 Å². The number of ether oxygens (including phenoxy) is 1. The molecule has 0 aromatic carbocycles. The third-order valence-electron chi connectivity index (χ3n) is 4.40. The summed E-state index contributed by atoms with van der Waals surface area (Å²) in [6, 6.07) is -0.176. The van der Waals surface area contributed by atoms with Crippen LogP contribution in [0.1, 0.15) is 33.1 Å². The maximum absolute atomic E-state index is 12.2. The van der Waals surface area contributed by atoms with Gasteiger partial charge in [-0.15, -0.1) is 0 Å². The number of rotatable bonds is 3. The zero-order chi connectivity index (χ0) is 14.1. The largest absolute Gasteiger partial charge is 0.481 e. The molecule has 6 nitrogen and oxygen atoms in total. The summed E-state index contributed by atoms with van der Waals surface area (Å²) in [7, 11) is 0. The Hall–Kier alpha value is -1.30. The Bertz CT molecular complexity index is 379. The van der Waals surface area contributed by atoms with Gasteiger partial charge in [0.2, 0.25) is 0 Å². The molecule has 2 aliphatic heterocycles. The number of aliphatic carboxylic acids is 1. The summed E-state index contributed by atoms with van der Waals surface area (Å²) in [4.78, 5) is 25.2. The van der Waals surface area contributed by atoms with Crippen molar-refractivity contribution in [1.82, 2.24) is 10.2 Å². The average Bonchev–Trinajstić information content (AvgIpc) is 2.96. The number of urea groups is 1. The molecule has 2 rings (SSSR count). The first-order valence-corrected chi connectivity index (χ1v) is 6.79. The van der Waals surface area contributed by atoms with E-state index in [-0.39, 0.29) is 11.6 Å². The van der Waals surface area contributed by atoms with Crippen molar-refractivity contribution in [2.24, 2.45) is 5.41 Å². The zero-order valence-corrected chi connectivity index (χ0v) is 11.6. The van der Waals surface area contributed by atoms with Gasteiger partial charge in [-0.05, 0) is 26.2 Å². The van der Waals surface area contributed by atoms with Crippen molar-refractivity contribution in [2.45, 2.75) is 38.6 Å². The molecule has 0 aromatic heterocycles. The van der Waals surface area contributed by atoms with E-state index in [1.165, 1.54) is 0 Å². The normalized spacial score (nSPS) is 34.5. The number of hydrogen-bond donors (Lipinski definition) is 2. The van der Waals surface area contributed by atoms with E-state index in [1.54, 1.807) is 4.90 Å². The number of carboxylic acids is 1. The molecule has 2 N–H and O–H groups in total. The van der Waals surface area contributed by atoms with Crippen LogP contribution in [0.3, 0.4) is 0 Å². The first-order chi connectivity index (χ1) is 8.91. The van der Waals surface area contributed by atoms with Crippen molar-refractivity contribution >= 4 is 12.0 Å². The van der Waals surface area contributed by atoms with Crippen LogP contribution in [0.4, 0.5) is 4.79 Å². The molecule has 0 aromatic rings. The molecule has 0 saturated carbocycles. The molecule has 0 spiro atoms. The first-order valence-electron chi connectivity index (χ1n) is 6.79. The Morgan fingerprint density at radius 2 is 2.16 bits per heavy atom. The molecule has 2 saturated heterocycles. The van der Waals surface area contributed by atoms with Crippen LogP contribution in [0.25, 0.3) is 0 Å². The number of hydrogen-bond acceptors (Lipinski definition) is 3. The smallest absolute Gasteiger partial charge is 0.317 e. The van der Waals surface area contributed by atoms with Gasteiger partial charge in [-0.25, -0.2) is 4.79 Å². The van der Waals surface area contributed by atoms with Gasteiger partial charge >= 0.3 is 12.0 Å². The fourth-order valence-corrected chi connectivity index (χ4v) is 2.76. The lowest BCUT2D eigenvalue weighted by Crippen LogP contribution is -2.52. The Morgan fingerprint density at radius 3 is 2.63 bits per heavy atom. The van der Waals surface area contributed by atoms with Crippen molar-refractivity contribution in [3.63, 3.8) is 0 Å². The van der Waals surface area contributed by atoms with E-state index in [2.05, 4.69) is 5.32 Å². The van der Waals surface area contributed by atoms with Gasteiger partial charge in [-0.1, -0.05) is 6.92 Å². The summed E-state index contributed by atoms with van der Waals surface area (Å²) in [6.07, 6.45) is 1.87. The summed E-state index contributed by atoms with van der Waals surface area (Å²) in [5.41, 5.74) is -1.10. The van der Waals surface area contributed by atoms with Gasteiger partial charge in [0.25, 0.3) is 0 Å². The second kappa shape index (κ2) is 5.00. The zero-order valence-electron chi connectivity index (χ0n) is 11.6.